The van der Waals surface area contributed by atoms with Gasteiger partial charge < -0.3 is 9.80 Å². The summed E-state index contributed by atoms with van der Waals surface area (Å²) in [5.41, 5.74) is 1.72. The monoisotopic (exact) mass is 371 g/mol. The Morgan fingerprint density at radius 2 is 1.88 bits per heavy atom. The maximum Gasteiger partial charge on any atom is 0.471 e. The fraction of sp³-hybridized carbons (Fsp3) is 0.438. The number of halogens is 3. The van der Waals surface area contributed by atoms with Gasteiger partial charge in [-0.15, -0.1) is 0 Å². The number of nitrogens with zero attached hydrogens (tertiary/aromatic N) is 3. The van der Waals surface area contributed by atoms with Gasteiger partial charge in [-0.2, -0.15) is 13.2 Å². The molecule has 0 saturated heterocycles. The number of rotatable bonds is 1. The van der Waals surface area contributed by atoms with E-state index in [1.54, 1.807) is 26.2 Å². The van der Waals surface area contributed by atoms with Crippen LogP contribution in [0.2, 0.25) is 0 Å². The topological polar surface area (TPSA) is 45.0 Å². The summed E-state index contributed by atoms with van der Waals surface area (Å²) in [7, 11) is 3.16. The number of alkyl halides is 3. The van der Waals surface area contributed by atoms with E-state index in [1.165, 1.54) is 4.90 Å². The molecule has 1 aromatic rings. The molecule has 0 fully saturated rings. The molecule has 2 rings (SSSR count). The normalized spacial score (nSPS) is 14.3. The fourth-order valence-electron chi connectivity index (χ4n) is 2.54. The second-order valence-corrected chi connectivity index (χ2v) is 6.68. The Bertz CT molecular complexity index is 741. The molecule has 0 spiro atoms. The standard InChI is InChI=1S/C16H16F3N3O2S/c1-20-12-5-4-10-6-8-22(14(23)16(17,18)19)9-7-11(10)13(12)25-15(24)21(2)3/h4-5H,6-9H2,2-3H3. The zero-order chi connectivity index (χ0) is 18.8. The third-order valence-corrected chi connectivity index (χ3v) is 5.02. The second-order valence-electron chi connectivity index (χ2n) is 5.72. The van der Waals surface area contributed by atoms with Gasteiger partial charge in [0.2, 0.25) is 5.69 Å². The molecule has 0 aliphatic carbocycles. The van der Waals surface area contributed by atoms with Crippen LogP contribution in [-0.2, 0) is 17.6 Å². The lowest BCUT2D eigenvalue weighted by Gasteiger charge is -2.21. The maximum absolute atomic E-state index is 12.7. The lowest BCUT2D eigenvalue weighted by molar-refractivity contribution is -0.185. The Kier molecular flexibility index (Phi) is 5.62. The second kappa shape index (κ2) is 7.35. The predicted molar refractivity (Wildman–Crippen MR) is 87.7 cm³/mol. The van der Waals surface area contributed by atoms with E-state index in [0.717, 1.165) is 22.2 Å². The van der Waals surface area contributed by atoms with Crippen molar-refractivity contribution in [2.45, 2.75) is 23.9 Å². The van der Waals surface area contributed by atoms with Crippen molar-refractivity contribution in [1.82, 2.24) is 9.80 Å². The van der Waals surface area contributed by atoms with Gasteiger partial charge >= 0.3 is 12.1 Å². The van der Waals surface area contributed by atoms with Crippen LogP contribution in [0.15, 0.2) is 17.0 Å². The van der Waals surface area contributed by atoms with E-state index in [-0.39, 0.29) is 36.9 Å². The van der Waals surface area contributed by atoms with Crippen LogP contribution in [-0.4, -0.2) is 54.3 Å². The van der Waals surface area contributed by atoms with Gasteiger partial charge in [0.05, 0.1) is 6.57 Å². The van der Waals surface area contributed by atoms with Gasteiger partial charge in [0.15, 0.2) is 0 Å². The van der Waals surface area contributed by atoms with E-state index in [4.69, 9.17) is 6.57 Å². The number of hydrogen-bond donors (Lipinski definition) is 0. The first-order valence-corrected chi connectivity index (χ1v) is 8.24. The molecule has 0 atom stereocenters. The lowest BCUT2D eigenvalue weighted by atomic mass is 10.0. The molecule has 1 aliphatic heterocycles. The van der Waals surface area contributed by atoms with Crippen LogP contribution in [0.5, 0.6) is 0 Å². The summed E-state index contributed by atoms with van der Waals surface area (Å²) in [6.45, 7) is 7.12. The molecule has 2 amide bonds. The van der Waals surface area contributed by atoms with Crippen LogP contribution < -0.4 is 0 Å². The molecular weight excluding hydrogens is 355 g/mol. The molecule has 25 heavy (non-hydrogen) atoms. The first kappa shape index (κ1) is 19.1. The maximum atomic E-state index is 12.7. The summed E-state index contributed by atoms with van der Waals surface area (Å²) in [4.78, 5) is 29.5. The third kappa shape index (κ3) is 4.25. The SMILES string of the molecule is [C-]#[N+]c1ccc2c(c1SC(=O)N(C)C)CCN(C(=O)C(F)(F)F)CC2. The fourth-order valence-corrected chi connectivity index (χ4v) is 3.47. The van der Waals surface area contributed by atoms with E-state index in [0.29, 0.717) is 10.5 Å². The summed E-state index contributed by atoms with van der Waals surface area (Å²) >= 11 is 0.890. The van der Waals surface area contributed by atoms with Gasteiger partial charge in [-0.25, -0.2) is 4.85 Å². The summed E-state index contributed by atoms with van der Waals surface area (Å²) in [5.74, 6) is -1.86. The molecular formula is C16H16F3N3O2S. The Morgan fingerprint density at radius 3 is 2.44 bits per heavy atom. The number of carbonyl (C=O) groups is 2. The minimum atomic E-state index is -4.91. The van der Waals surface area contributed by atoms with Gasteiger partial charge in [-0.3, -0.25) is 9.59 Å². The van der Waals surface area contributed by atoms with E-state index >= 15 is 0 Å². The molecule has 1 aromatic carbocycles. The zero-order valence-corrected chi connectivity index (χ0v) is 14.5. The van der Waals surface area contributed by atoms with Crippen molar-refractivity contribution in [3.63, 3.8) is 0 Å². The Balaban J connectivity index is 2.35. The number of amides is 2. The smallest absolute Gasteiger partial charge is 0.339 e. The highest BCUT2D eigenvalue weighted by Gasteiger charge is 2.42. The summed E-state index contributed by atoms with van der Waals surface area (Å²) in [5, 5.41) is -0.272. The van der Waals surface area contributed by atoms with Crippen molar-refractivity contribution in [1.29, 1.82) is 0 Å². The molecule has 0 bridgehead atoms. The Labute approximate surface area is 147 Å². The highest BCUT2D eigenvalue weighted by Crippen LogP contribution is 2.38. The molecule has 9 heteroatoms. The average Bonchev–Trinajstić information content (AvgIpc) is 2.76. The largest absolute Gasteiger partial charge is 0.471 e. The molecule has 0 N–H and O–H groups in total. The number of hydrogen-bond acceptors (Lipinski definition) is 3. The van der Waals surface area contributed by atoms with Crippen LogP contribution in [0.4, 0.5) is 23.7 Å². The first-order chi connectivity index (χ1) is 11.6. The van der Waals surface area contributed by atoms with Crippen LogP contribution in [0.3, 0.4) is 0 Å². The average molecular weight is 371 g/mol. The van der Waals surface area contributed by atoms with Crippen molar-refractivity contribution >= 4 is 28.6 Å². The number of benzene rings is 1. The highest BCUT2D eigenvalue weighted by atomic mass is 32.2. The quantitative estimate of drug-likeness (QED) is 0.561. The zero-order valence-electron chi connectivity index (χ0n) is 13.7. The van der Waals surface area contributed by atoms with Gasteiger partial charge in [-0.05, 0) is 35.7 Å². The highest BCUT2D eigenvalue weighted by molar-refractivity contribution is 8.13. The van der Waals surface area contributed by atoms with E-state index in [2.05, 4.69) is 4.85 Å². The minimum Gasteiger partial charge on any atom is -0.339 e. The van der Waals surface area contributed by atoms with Crippen molar-refractivity contribution < 1.29 is 22.8 Å². The van der Waals surface area contributed by atoms with E-state index < -0.39 is 12.1 Å². The Morgan fingerprint density at radius 1 is 1.24 bits per heavy atom. The third-order valence-electron chi connectivity index (χ3n) is 3.82. The van der Waals surface area contributed by atoms with Crippen molar-refractivity contribution in [2.24, 2.45) is 0 Å². The predicted octanol–water partition coefficient (Wildman–Crippen LogP) is 3.50. The minimum absolute atomic E-state index is 0.0472. The molecule has 1 heterocycles. The van der Waals surface area contributed by atoms with Gasteiger partial charge in [0.1, 0.15) is 0 Å². The van der Waals surface area contributed by atoms with Crippen LogP contribution in [0.25, 0.3) is 4.85 Å². The molecule has 0 radical (unpaired) electrons. The van der Waals surface area contributed by atoms with E-state index in [9.17, 15) is 22.8 Å². The molecule has 5 nitrogen and oxygen atoms in total. The van der Waals surface area contributed by atoms with Gasteiger partial charge in [-0.1, -0.05) is 12.1 Å². The Hall–Kier alpha value is -2.21. The number of thioether (sulfide) groups is 1. The summed E-state index contributed by atoms with van der Waals surface area (Å²) in [6, 6.07) is 3.26. The van der Waals surface area contributed by atoms with Crippen molar-refractivity contribution in [3.8, 4) is 0 Å². The van der Waals surface area contributed by atoms with Gasteiger partial charge in [0, 0.05) is 32.1 Å². The molecule has 0 aromatic heterocycles. The molecule has 0 unspecified atom stereocenters. The molecule has 134 valence electrons. The van der Waals surface area contributed by atoms with Crippen LogP contribution in [0.1, 0.15) is 11.1 Å². The van der Waals surface area contributed by atoms with Crippen LogP contribution >= 0.6 is 11.8 Å². The summed E-state index contributed by atoms with van der Waals surface area (Å²) < 4.78 is 38.0. The number of fused-ring (bicyclic) bond motifs is 1. The lowest BCUT2D eigenvalue weighted by Crippen LogP contribution is -2.42. The van der Waals surface area contributed by atoms with Crippen molar-refractivity contribution in [2.75, 3.05) is 27.2 Å². The summed E-state index contributed by atoms with van der Waals surface area (Å²) in [6.07, 6.45) is -4.49. The van der Waals surface area contributed by atoms with E-state index in [1.807, 2.05) is 0 Å². The molecule has 0 saturated carbocycles. The van der Waals surface area contributed by atoms with Crippen molar-refractivity contribution in [3.05, 3.63) is 34.7 Å². The van der Waals surface area contributed by atoms with Gasteiger partial charge in [0.25, 0.3) is 5.24 Å². The first-order valence-electron chi connectivity index (χ1n) is 7.42. The number of carbonyl (C=O) groups excluding carboxylic acids is 2. The van der Waals surface area contributed by atoms with Crippen LogP contribution in [0, 0.1) is 6.57 Å². The molecule has 1 aliphatic rings.